The molecule has 0 aliphatic heterocycles. The van der Waals surface area contributed by atoms with E-state index in [1.54, 1.807) is 7.11 Å². The van der Waals surface area contributed by atoms with E-state index in [1.165, 1.54) is 6.42 Å². The van der Waals surface area contributed by atoms with Crippen LogP contribution in [0.25, 0.3) is 0 Å². The van der Waals surface area contributed by atoms with E-state index < -0.39 is 0 Å². The largest absolute Gasteiger partial charge is 0.384 e. The standard InChI is InChI=1S/C9H16O2/c1-7-3-4-8(6-11-2)9(10)5-7/h7-8H,3-6H2,1-2H3. The number of ketones is 1. The first-order chi connectivity index (χ1) is 5.24. The first-order valence-electron chi connectivity index (χ1n) is 4.25. The molecule has 0 aromatic rings. The first-order valence-corrected chi connectivity index (χ1v) is 4.25. The van der Waals surface area contributed by atoms with Gasteiger partial charge in [0.05, 0.1) is 6.61 Å². The second-order valence-electron chi connectivity index (χ2n) is 3.51. The summed E-state index contributed by atoms with van der Waals surface area (Å²) in [6, 6.07) is 0. The topological polar surface area (TPSA) is 26.3 Å². The van der Waals surface area contributed by atoms with Gasteiger partial charge in [-0.1, -0.05) is 6.92 Å². The molecule has 0 heterocycles. The smallest absolute Gasteiger partial charge is 0.138 e. The van der Waals surface area contributed by atoms with Crippen LogP contribution in [0.4, 0.5) is 0 Å². The van der Waals surface area contributed by atoms with E-state index in [2.05, 4.69) is 6.92 Å². The van der Waals surface area contributed by atoms with E-state index in [9.17, 15) is 4.79 Å². The summed E-state index contributed by atoms with van der Waals surface area (Å²) in [5, 5.41) is 0. The van der Waals surface area contributed by atoms with E-state index in [0.29, 0.717) is 18.3 Å². The molecule has 0 radical (unpaired) electrons. The Morgan fingerprint density at radius 2 is 2.27 bits per heavy atom. The number of carbonyl (C=O) groups is 1. The normalized spacial score (nSPS) is 32.4. The number of hydrogen-bond acceptors (Lipinski definition) is 2. The Hall–Kier alpha value is -0.370. The third kappa shape index (κ3) is 2.29. The summed E-state index contributed by atoms with van der Waals surface area (Å²) in [6.07, 6.45) is 2.96. The van der Waals surface area contributed by atoms with Crippen molar-refractivity contribution in [3.05, 3.63) is 0 Å². The average Bonchev–Trinajstić information content (AvgIpc) is 1.95. The molecule has 0 bridgehead atoms. The molecule has 0 N–H and O–H groups in total. The van der Waals surface area contributed by atoms with Crippen LogP contribution in [0, 0.1) is 11.8 Å². The molecule has 1 saturated carbocycles. The highest BCUT2D eigenvalue weighted by Crippen LogP contribution is 2.25. The van der Waals surface area contributed by atoms with E-state index in [0.717, 1.165) is 12.8 Å². The lowest BCUT2D eigenvalue weighted by Crippen LogP contribution is -2.26. The Labute approximate surface area is 67.9 Å². The van der Waals surface area contributed by atoms with Gasteiger partial charge >= 0.3 is 0 Å². The summed E-state index contributed by atoms with van der Waals surface area (Å²) >= 11 is 0. The van der Waals surface area contributed by atoms with Gasteiger partial charge in [0.25, 0.3) is 0 Å². The Kier molecular flexibility index (Phi) is 3.06. The zero-order valence-electron chi connectivity index (χ0n) is 7.30. The maximum atomic E-state index is 11.3. The second kappa shape index (κ2) is 3.86. The predicted octanol–water partition coefficient (Wildman–Crippen LogP) is 1.64. The van der Waals surface area contributed by atoms with Gasteiger partial charge < -0.3 is 4.74 Å². The van der Waals surface area contributed by atoms with Gasteiger partial charge in [0.15, 0.2) is 0 Å². The van der Waals surface area contributed by atoms with Gasteiger partial charge in [0.1, 0.15) is 5.78 Å². The highest BCUT2D eigenvalue weighted by molar-refractivity contribution is 5.82. The van der Waals surface area contributed by atoms with Crippen LogP contribution >= 0.6 is 0 Å². The summed E-state index contributed by atoms with van der Waals surface area (Å²) < 4.78 is 4.97. The van der Waals surface area contributed by atoms with Crippen LogP contribution in [0.15, 0.2) is 0 Å². The average molecular weight is 156 g/mol. The molecule has 2 nitrogen and oxygen atoms in total. The maximum absolute atomic E-state index is 11.3. The molecular formula is C9H16O2. The van der Waals surface area contributed by atoms with Gasteiger partial charge in [-0.2, -0.15) is 0 Å². The van der Waals surface area contributed by atoms with Crippen molar-refractivity contribution in [1.82, 2.24) is 0 Å². The molecule has 0 aromatic heterocycles. The van der Waals surface area contributed by atoms with Crippen LogP contribution in [-0.2, 0) is 9.53 Å². The number of methoxy groups -OCH3 is 1. The van der Waals surface area contributed by atoms with Gasteiger partial charge in [-0.05, 0) is 18.8 Å². The van der Waals surface area contributed by atoms with Crippen molar-refractivity contribution in [2.24, 2.45) is 11.8 Å². The minimum absolute atomic E-state index is 0.191. The van der Waals surface area contributed by atoms with Gasteiger partial charge in [-0.25, -0.2) is 0 Å². The Morgan fingerprint density at radius 3 is 2.82 bits per heavy atom. The van der Waals surface area contributed by atoms with Crippen molar-refractivity contribution < 1.29 is 9.53 Å². The number of rotatable bonds is 2. The van der Waals surface area contributed by atoms with Crippen LogP contribution in [0.5, 0.6) is 0 Å². The van der Waals surface area contributed by atoms with E-state index in [4.69, 9.17) is 4.74 Å². The molecule has 1 aliphatic rings. The molecule has 2 heteroatoms. The lowest BCUT2D eigenvalue weighted by atomic mass is 9.82. The molecule has 1 aliphatic carbocycles. The summed E-state index contributed by atoms with van der Waals surface area (Å²) in [5.74, 6) is 1.18. The quantitative estimate of drug-likeness (QED) is 0.607. The molecule has 2 unspecified atom stereocenters. The highest BCUT2D eigenvalue weighted by Gasteiger charge is 2.25. The number of Topliss-reactive ketones (excluding diaryl/α,β-unsaturated/α-hetero) is 1. The predicted molar refractivity (Wildman–Crippen MR) is 43.4 cm³/mol. The molecule has 1 rings (SSSR count). The Morgan fingerprint density at radius 1 is 1.55 bits per heavy atom. The second-order valence-corrected chi connectivity index (χ2v) is 3.51. The van der Waals surface area contributed by atoms with E-state index in [-0.39, 0.29) is 5.92 Å². The minimum Gasteiger partial charge on any atom is -0.384 e. The van der Waals surface area contributed by atoms with Crippen molar-refractivity contribution in [2.75, 3.05) is 13.7 Å². The summed E-state index contributed by atoms with van der Waals surface area (Å²) in [5.41, 5.74) is 0. The van der Waals surface area contributed by atoms with Crippen molar-refractivity contribution in [2.45, 2.75) is 26.2 Å². The molecule has 64 valence electrons. The van der Waals surface area contributed by atoms with Gasteiger partial charge in [0, 0.05) is 19.4 Å². The number of ether oxygens (including phenoxy) is 1. The molecule has 0 spiro atoms. The van der Waals surface area contributed by atoms with Crippen LogP contribution in [-0.4, -0.2) is 19.5 Å². The molecule has 0 saturated heterocycles. The third-order valence-corrected chi connectivity index (χ3v) is 2.38. The lowest BCUT2D eigenvalue weighted by Gasteiger charge is -2.23. The van der Waals surface area contributed by atoms with E-state index in [1.807, 2.05) is 0 Å². The van der Waals surface area contributed by atoms with Gasteiger partial charge in [0.2, 0.25) is 0 Å². The molecule has 2 atom stereocenters. The zero-order chi connectivity index (χ0) is 8.27. The molecule has 1 fully saturated rings. The SMILES string of the molecule is COCC1CCC(C)CC1=O. The minimum atomic E-state index is 0.191. The fourth-order valence-electron chi connectivity index (χ4n) is 1.64. The molecule has 0 amide bonds. The lowest BCUT2D eigenvalue weighted by molar-refractivity contribution is -0.127. The van der Waals surface area contributed by atoms with Crippen LogP contribution in [0.3, 0.4) is 0 Å². The summed E-state index contributed by atoms with van der Waals surface area (Å²) in [6.45, 7) is 2.76. The first kappa shape index (κ1) is 8.72. The Balaban J connectivity index is 2.38. The number of hydrogen-bond donors (Lipinski definition) is 0. The molecule has 11 heavy (non-hydrogen) atoms. The van der Waals surface area contributed by atoms with E-state index >= 15 is 0 Å². The number of carbonyl (C=O) groups excluding carboxylic acids is 1. The fraction of sp³-hybridized carbons (Fsp3) is 0.889. The van der Waals surface area contributed by atoms with Crippen molar-refractivity contribution in [3.8, 4) is 0 Å². The maximum Gasteiger partial charge on any atom is 0.138 e. The molecule has 0 aromatic carbocycles. The van der Waals surface area contributed by atoms with Crippen LogP contribution in [0.1, 0.15) is 26.2 Å². The fourth-order valence-corrected chi connectivity index (χ4v) is 1.64. The van der Waals surface area contributed by atoms with Crippen LogP contribution < -0.4 is 0 Å². The van der Waals surface area contributed by atoms with Gasteiger partial charge in [-0.15, -0.1) is 0 Å². The van der Waals surface area contributed by atoms with Crippen LogP contribution in [0.2, 0.25) is 0 Å². The highest BCUT2D eigenvalue weighted by atomic mass is 16.5. The third-order valence-electron chi connectivity index (χ3n) is 2.38. The van der Waals surface area contributed by atoms with Crippen molar-refractivity contribution in [3.63, 3.8) is 0 Å². The zero-order valence-corrected chi connectivity index (χ0v) is 7.30. The van der Waals surface area contributed by atoms with Gasteiger partial charge in [-0.3, -0.25) is 4.79 Å². The van der Waals surface area contributed by atoms with Crippen molar-refractivity contribution >= 4 is 5.78 Å². The molecular weight excluding hydrogens is 140 g/mol. The monoisotopic (exact) mass is 156 g/mol. The Bertz CT molecular complexity index is 142. The summed E-state index contributed by atoms with van der Waals surface area (Å²) in [7, 11) is 1.66. The van der Waals surface area contributed by atoms with Crippen molar-refractivity contribution in [1.29, 1.82) is 0 Å². The summed E-state index contributed by atoms with van der Waals surface area (Å²) in [4.78, 5) is 11.3.